The van der Waals surface area contributed by atoms with Crippen molar-refractivity contribution >= 4 is 23.5 Å². The molecule has 0 saturated carbocycles. The molecule has 0 spiro atoms. The Kier molecular flexibility index (Phi) is 7.85. The van der Waals surface area contributed by atoms with E-state index in [-0.39, 0.29) is 23.7 Å². The minimum Gasteiger partial charge on any atom is -0.497 e. The molecule has 0 aliphatic carbocycles. The van der Waals surface area contributed by atoms with Crippen LogP contribution in [0.4, 0.5) is 10.5 Å². The van der Waals surface area contributed by atoms with Crippen molar-refractivity contribution in [3.63, 3.8) is 0 Å². The molecule has 1 fully saturated rings. The first-order valence-corrected chi connectivity index (χ1v) is 12.7. The lowest BCUT2D eigenvalue weighted by atomic mass is 9.90. The van der Waals surface area contributed by atoms with Gasteiger partial charge in [-0.05, 0) is 89.1 Å². The van der Waals surface area contributed by atoms with Crippen LogP contribution in [0.15, 0.2) is 54.7 Å². The fraction of sp³-hybridized carbons (Fsp3) is 0.379. The van der Waals surface area contributed by atoms with Gasteiger partial charge in [-0.25, -0.2) is 9.48 Å². The van der Waals surface area contributed by atoms with Gasteiger partial charge in [0.25, 0.3) is 5.91 Å². The van der Waals surface area contributed by atoms with Crippen LogP contribution in [0.1, 0.15) is 72.9 Å². The second-order valence-corrected chi connectivity index (χ2v) is 10.4. The molecule has 9 nitrogen and oxygen atoms in total. The summed E-state index contributed by atoms with van der Waals surface area (Å²) in [6, 6.07) is 14.3. The maximum absolute atomic E-state index is 13.4. The van der Waals surface area contributed by atoms with E-state index >= 15 is 0 Å². The average molecular weight is 519 g/mol. The number of nitrogens with zero attached hydrogens (tertiary/aromatic N) is 3. The Labute approximate surface area is 222 Å². The highest BCUT2D eigenvalue weighted by Crippen LogP contribution is 2.33. The number of benzene rings is 2. The number of piperidine rings is 1. The van der Waals surface area contributed by atoms with Crippen LogP contribution in [-0.4, -0.2) is 58.3 Å². The molecule has 2 heterocycles. The molecule has 3 aromatic rings. The van der Waals surface area contributed by atoms with Gasteiger partial charge in [0, 0.05) is 30.3 Å². The minimum absolute atomic E-state index is 0.000808. The van der Waals surface area contributed by atoms with Crippen molar-refractivity contribution < 1.29 is 23.9 Å². The van der Waals surface area contributed by atoms with Crippen LogP contribution in [-0.2, 0) is 4.74 Å². The normalized spacial score (nSPS) is 14.2. The molecular weight excluding hydrogens is 484 g/mol. The summed E-state index contributed by atoms with van der Waals surface area (Å²) >= 11 is 0. The lowest BCUT2D eigenvalue weighted by Crippen LogP contribution is -2.41. The van der Waals surface area contributed by atoms with Gasteiger partial charge >= 0.3 is 6.09 Å². The molecule has 38 heavy (non-hydrogen) atoms. The third-order valence-electron chi connectivity index (χ3n) is 6.45. The molecule has 0 radical (unpaired) electrons. The first-order valence-electron chi connectivity index (χ1n) is 12.7. The first kappa shape index (κ1) is 26.9. The number of likely N-dealkylation sites (tertiary alicyclic amines) is 1. The summed E-state index contributed by atoms with van der Waals surface area (Å²) in [7, 11) is 1.61. The van der Waals surface area contributed by atoms with Crippen molar-refractivity contribution in [2.45, 2.75) is 52.1 Å². The van der Waals surface area contributed by atoms with Crippen LogP contribution < -0.4 is 10.1 Å². The van der Waals surface area contributed by atoms with E-state index in [1.54, 1.807) is 47.2 Å². The zero-order chi connectivity index (χ0) is 27.4. The van der Waals surface area contributed by atoms with Crippen molar-refractivity contribution in [3.8, 4) is 11.4 Å². The maximum Gasteiger partial charge on any atom is 0.410 e. The van der Waals surface area contributed by atoms with E-state index in [2.05, 4.69) is 10.4 Å². The van der Waals surface area contributed by atoms with Crippen LogP contribution >= 0.6 is 0 Å². The number of carbonyl (C=O) groups excluding carboxylic acids is 3. The van der Waals surface area contributed by atoms with Gasteiger partial charge in [0.15, 0.2) is 5.78 Å². The summed E-state index contributed by atoms with van der Waals surface area (Å²) in [6.45, 7) is 8.08. The zero-order valence-electron chi connectivity index (χ0n) is 22.5. The van der Waals surface area contributed by atoms with Gasteiger partial charge in [-0.1, -0.05) is 0 Å². The van der Waals surface area contributed by atoms with E-state index in [0.29, 0.717) is 42.7 Å². The van der Waals surface area contributed by atoms with Crippen molar-refractivity contribution in [1.82, 2.24) is 14.7 Å². The van der Waals surface area contributed by atoms with Crippen LogP contribution in [0.25, 0.3) is 5.69 Å². The highest BCUT2D eigenvalue weighted by Gasteiger charge is 2.32. The van der Waals surface area contributed by atoms with Gasteiger partial charge in [0.2, 0.25) is 0 Å². The van der Waals surface area contributed by atoms with E-state index in [0.717, 1.165) is 17.1 Å². The topological polar surface area (TPSA) is 103 Å². The maximum atomic E-state index is 13.4. The van der Waals surface area contributed by atoms with E-state index < -0.39 is 5.60 Å². The summed E-state index contributed by atoms with van der Waals surface area (Å²) < 4.78 is 12.6. The van der Waals surface area contributed by atoms with Gasteiger partial charge in [0.05, 0.1) is 30.3 Å². The third-order valence-corrected chi connectivity index (χ3v) is 6.45. The molecule has 1 aliphatic heterocycles. The third kappa shape index (κ3) is 6.22. The summed E-state index contributed by atoms with van der Waals surface area (Å²) in [5.41, 5.74) is 2.66. The highest BCUT2D eigenvalue weighted by atomic mass is 16.6. The zero-order valence-corrected chi connectivity index (χ0v) is 22.5. The molecule has 9 heteroatoms. The van der Waals surface area contributed by atoms with Crippen LogP contribution in [0.2, 0.25) is 0 Å². The van der Waals surface area contributed by atoms with Gasteiger partial charge < -0.3 is 19.7 Å². The number of amides is 2. The van der Waals surface area contributed by atoms with E-state index in [1.165, 1.54) is 6.92 Å². The molecule has 4 rings (SSSR count). The Balaban J connectivity index is 1.61. The number of hydrogen-bond acceptors (Lipinski definition) is 6. The number of anilines is 1. The number of nitrogens with one attached hydrogen (secondary N) is 1. The molecule has 1 aliphatic rings. The highest BCUT2D eigenvalue weighted by molar-refractivity contribution is 6.05. The average Bonchev–Trinajstić information content (AvgIpc) is 3.33. The summed E-state index contributed by atoms with van der Waals surface area (Å²) in [5.74, 6) is 0.396. The Morgan fingerprint density at radius 2 is 1.61 bits per heavy atom. The Bertz CT molecular complexity index is 1300. The number of rotatable bonds is 6. The lowest BCUT2D eigenvalue weighted by Gasteiger charge is -2.34. The SMILES string of the molecule is COc1ccc(-n2ncc(C(=O)Nc3ccc(C(C)=O)cc3)c2C2CCN(C(=O)OC(C)(C)C)CC2)cc1. The number of Topliss-reactive ketones (excluding diaryl/α,β-unsaturated/α-hetero) is 1. The molecule has 1 saturated heterocycles. The first-order chi connectivity index (χ1) is 18.1. The molecule has 2 amide bonds. The van der Waals surface area contributed by atoms with Crippen molar-refractivity contribution in [2.75, 3.05) is 25.5 Å². The van der Waals surface area contributed by atoms with E-state index in [1.807, 2.05) is 45.0 Å². The standard InChI is InChI=1S/C29H34N4O5/c1-19(34)20-6-8-22(9-7-20)31-27(35)25-18-30-33(23-10-12-24(37-5)13-11-23)26(25)21-14-16-32(17-15-21)28(36)38-29(2,3)4/h6-13,18,21H,14-17H2,1-5H3,(H,31,35). The van der Waals surface area contributed by atoms with Crippen LogP contribution in [0.5, 0.6) is 5.75 Å². The fourth-order valence-electron chi connectivity index (χ4n) is 4.50. The molecular formula is C29H34N4O5. The molecule has 0 bridgehead atoms. The lowest BCUT2D eigenvalue weighted by molar-refractivity contribution is 0.0203. The Morgan fingerprint density at radius 3 is 2.16 bits per heavy atom. The van der Waals surface area contributed by atoms with Gasteiger partial charge in [0.1, 0.15) is 11.4 Å². The number of methoxy groups -OCH3 is 1. The minimum atomic E-state index is -0.561. The predicted octanol–water partition coefficient (Wildman–Crippen LogP) is 5.45. The number of ether oxygens (including phenoxy) is 2. The second kappa shape index (κ2) is 11.1. The number of hydrogen-bond donors (Lipinski definition) is 1. The number of aromatic nitrogens is 2. The second-order valence-electron chi connectivity index (χ2n) is 10.4. The van der Waals surface area contributed by atoms with Gasteiger partial charge in [-0.2, -0.15) is 5.10 Å². The molecule has 200 valence electrons. The largest absolute Gasteiger partial charge is 0.497 e. The molecule has 1 aromatic heterocycles. The van der Waals surface area contributed by atoms with Crippen LogP contribution in [0.3, 0.4) is 0 Å². The molecule has 0 atom stereocenters. The predicted molar refractivity (Wildman–Crippen MR) is 144 cm³/mol. The van der Waals surface area contributed by atoms with E-state index in [4.69, 9.17) is 9.47 Å². The number of carbonyl (C=O) groups is 3. The van der Waals surface area contributed by atoms with Gasteiger partial charge in [-0.15, -0.1) is 0 Å². The fourth-order valence-corrected chi connectivity index (χ4v) is 4.50. The van der Waals surface area contributed by atoms with Crippen LogP contribution in [0, 0.1) is 0 Å². The molecule has 0 unspecified atom stereocenters. The summed E-state index contributed by atoms with van der Waals surface area (Å²) in [5, 5.41) is 7.52. The quantitative estimate of drug-likeness (QED) is 0.435. The Morgan fingerprint density at radius 1 is 0.974 bits per heavy atom. The summed E-state index contributed by atoms with van der Waals surface area (Å²) in [6.07, 6.45) is 2.58. The van der Waals surface area contributed by atoms with Crippen molar-refractivity contribution in [3.05, 3.63) is 71.5 Å². The summed E-state index contributed by atoms with van der Waals surface area (Å²) in [4.78, 5) is 39.3. The molecule has 2 aromatic carbocycles. The Hall–Kier alpha value is -4.14. The number of ketones is 1. The van der Waals surface area contributed by atoms with Crippen molar-refractivity contribution in [2.24, 2.45) is 0 Å². The monoisotopic (exact) mass is 518 g/mol. The van der Waals surface area contributed by atoms with Crippen molar-refractivity contribution in [1.29, 1.82) is 0 Å². The molecule has 1 N–H and O–H groups in total. The van der Waals surface area contributed by atoms with Gasteiger partial charge in [-0.3, -0.25) is 9.59 Å². The smallest absolute Gasteiger partial charge is 0.410 e. The van der Waals surface area contributed by atoms with E-state index in [9.17, 15) is 14.4 Å².